The fourth-order valence-electron chi connectivity index (χ4n) is 2.41. The van der Waals surface area contributed by atoms with Gasteiger partial charge in [-0.1, -0.05) is 0 Å². The summed E-state index contributed by atoms with van der Waals surface area (Å²) < 4.78 is 19.2. The van der Waals surface area contributed by atoms with Crippen LogP contribution < -0.4 is 4.90 Å². The van der Waals surface area contributed by atoms with Crippen LogP contribution in [0.5, 0.6) is 0 Å². The fourth-order valence-corrected chi connectivity index (χ4v) is 2.74. The summed E-state index contributed by atoms with van der Waals surface area (Å²) in [6.07, 6.45) is 1.41. The van der Waals surface area contributed by atoms with Crippen molar-refractivity contribution in [1.82, 2.24) is 0 Å². The number of nitro groups is 1. The van der Waals surface area contributed by atoms with Gasteiger partial charge in [0.15, 0.2) is 0 Å². The van der Waals surface area contributed by atoms with Crippen molar-refractivity contribution < 1.29 is 19.2 Å². The smallest absolute Gasteiger partial charge is 0.293 e. The molecule has 116 valence electrons. The molecule has 0 aromatic heterocycles. The molecule has 1 N–H and O–H groups in total. The Morgan fingerprint density at radius 2 is 2.14 bits per heavy atom. The number of ether oxygens (including phenoxy) is 1. The van der Waals surface area contributed by atoms with E-state index in [9.17, 15) is 14.5 Å². The van der Waals surface area contributed by atoms with Crippen LogP contribution in [0.25, 0.3) is 0 Å². The molecule has 0 atom stereocenters. The second-order valence-electron chi connectivity index (χ2n) is 4.79. The molecule has 1 aromatic rings. The molecule has 0 spiro atoms. The van der Waals surface area contributed by atoms with E-state index < -0.39 is 10.7 Å². The molecule has 0 bridgehead atoms. The van der Waals surface area contributed by atoms with Crippen molar-refractivity contribution in [2.75, 3.05) is 31.2 Å². The van der Waals surface area contributed by atoms with E-state index in [-0.39, 0.29) is 29.5 Å². The minimum absolute atomic E-state index is 0.0242. The molecule has 1 aromatic carbocycles. The average molecular weight is 363 g/mol. The monoisotopic (exact) mass is 362 g/mol. The van der Waals surface area contributed by atoms with E-state index in [4.69, 9.17) is 9.84 Å². The van der Waals surface area contributed by atoms with Crippen molar-refractivity contribution in [3.8, 4) is 0 Å². The van der Waals surface area contributed by atoms with Crippen LogP contribution in [-0.4, -0.2) is 42.4 Å². The van der Waals surface area contributed by atoms with Crippen molar-refractivity contribution >= 4 is 27.3 Å². The minimum Gasteiger partial charge on any atom is -0.394 e. The summed E-state index contributed by atoms with van der Waals surface area (Å²) in [5.41, 5.74) is 0.180. The molecule has 6 nitrogen and oxygen atoms in total. The third kappa shape index (κ3) is 3.90. The lowest BCUT2D eigenvalue weighted by molar-refractivity contribution is -0.384. The van der Waals surface area contributed by atoms with Crippen molar-refractivity contribution in [1.29, 1.82) is 0 Å². The SMILES string of the molecule is O=[N+]([O-])c1cc(Br)c(F)cc1N1CCC(OCCO)CC1. The van der Waals surface area contributed by atoms with E-state index >= 15 is 0 Å². The van der Waals surface area contributed by atoms with Crippen LogP contribution in [0.3, 0.4) is 0 Å². The number of hydrogen-bond acceptors (Lipinski definition) is 5. The molecule has 2 rings (SSSR count). The van der Waals surface area contributed by atoms with Gasteiger partial charge in [0, 0.05) is 25.2 Å². The Labute approximate surface area is 129 Å². The first kappa shape index (κ1) is 16.1. The molecule has 8 heteroatoms. The Morgan fingerprint density at radius 3 is 2.71 bits per heavy atom. The summed E-state index contributed by atoms with van der Waals surface area (Å²) in [6, 6.07) is 2.39. The number of halogens is 2. The van der Waals surface area contributed by atoms with E-state index in [0.717, 1.165) is 0 Å². The average Bonchev–Trinajstić information content (AvgIpc) is 2.48. The van der Waals surface area contributed by atoms with E-state index in [0.29, 0.717) is 31.6 Å². The number of aliphatic hydroxyl groups is 1. The van der Waals surface area contributed by atoms with Gasteiger partial charge in [-0.15, -0.1) is 0 Å². The Balaban J connectivity index is 2.12. The molecular formula is C13H16BrFN2O4. The van der Waals surface area contributed by atoms with Crippen LogP contribution in [0, 0.1) is 15.9 Å². The van der Waals surface area contributed by atoms with Crippen LogP contribution >= 0.6 is 15.9 Å². The van der Waals surface area contributed by atoms with Gasteiger partial charge in [-0.3, -0.25) is 10.1 Å². The van der Waals surface area contributed by atoms with Gasteiger partial charge in [0.05, 0.1) is 28.7 Å². The normalized spacial score (nSPS) is 16.2. The van der Waals surface area contributed by atoms with Crippen LogP contribution in [-0.2, 0) is 4.74 Å². The highest BCUT2D eigenvalue weighted by Gasteiger charge is 2.26. The predicted molar refractivity (Wildman–Crippen MR) is 79.0 cm³/mol. The summed E-state index contributed by atoms with van der Waals surface area (Å²) in [6.45, 7) is 1.37. The highest BCUT2D eigenvalue weighted by atomic mass is 79.9. The molecule has 1 aliphatic heterocycles. The summed E-state index contributed by atoms with van der Waals surface area (Å²) in [7, 11) is 0. The van der Waals surface area contributed by atoms with Gasteiger partial charge in [0.25, 0.3) is 5.69 Å². The van der Waals surface area contributed by atoms with E-state index in [1.165, 1.54) is 12.1 Å². The second kappa shape index (κ2) is 7.15. The highest BCUT2D eigenvalue weighted by molar-refractivity contribution is 9.10. The maximum Gasteiger partial charge on any atom is 0.293 e. The highest BCUT2D eigenvalue weighted by Crippen LogP contribution is 2.34. The number of aliphatic hydroxyl groups excluding tert-OH is 1. The first-order chi connectivity index (χ1) is 10.0. The number of nitro benzene ring substituents is 1. The third-order valence-corrected chi connectivity index (χ3v) is 4.05. The van der Waals surface area contributed by atoms with Crippen LogP contribution in [0.2, 0.25) is 0 Å². The molecule has 0 amide bonds. The minimum atomic E-state index is -0.519. The van der Waals surface area contributed by atoms with Crippen molar-refractivity contribution in [2.24, 2.45) is 0 Å². The van der Waals surface area contributed by atoms with Gasteiger partial charge in [-0.2, -0.15) is 0 Å². The topological polar surface area (TPSA) is 75.8 Å². The van der Waals surface area contributed by atoms with E-state index in [1.807, 2.05) is 0 Å². The number of benzene rings is 1. The summed E-state index contributed by atoms with van der Waals surface area (Å²) >= 11 is 2.97. The van der Waals surface area contributed by atoms with E-state index in [2.05, 4.69) is 15.9 Å². The van der Waals surface area contributed by atoms with Crippen molar-refractivity contribution in [2.45, 2.75) is 18.9 Å². The summed E-state index contributed by atoms with van der Waals surface area (Å²) in [5.74, 6) is -0.519. The molecule has 1 saturated heterocycles. The molecular weight excluding hydrogens is 347 g/mol. The molecule has 21 heavy (non-hydrogen) atoms. The summed E-state index contributed by atoms with van der Waals surface area (Å²) in [4.78, 5) is 12.4. The lowest BCUT2D eigenvalue weighted by atomic mass is 10.1. The maximum atomic E-state index is 13.7. The Morgan fingerprint density at radius 1 is 1.48 bits per heavy atom. The van der Waals surface area contributed by atoms with Crippen LogP contribution in [0.15, 0.2) is 16.6 Å². The Bertz CT molecular complexity index is 521. The third-order valence-electron chi connectivity index (χ3n) is 3.44. The number of nitrogens with zero attached hydrogens (tertiary/aromatic N) is 2. The van der Waals surface area contributed by atoms with Crippen molar-refractivity contribution in [3.63, 3.8) is 0 Å². The van der Waals surface area contributed by atoms with E-state index in [1.54, 1.807) is 4.90 Å². The number of rotatable bonds is 5. The van der Waals surface area contributed by atoms with Crippen LogP contribution in [0.1, 0.15) is 12.8 Å². The van der Waals surface area contributed by atoms with Crippen LogP contribution in [0.4, 0.5) is 15.8 Å². The maximum absolute atomic E-state index is 13.7. The Kier molecular flexibility index (Phi) is 5.49. The predicted octanol–water partition coefficient (Wildman–Crippen LogP) is 2.47. The molecule has 0 aliphatic carbocycles. The molecule has 1 fully saturated rings. The van der Waals surface area contributed by atoms with Gasteiger partial charge in [-0.05, 0) is 28.8 Å². The van der Waals surface area contributed by atoms with Gasteiger partial charge < -0.3 is 14.7 Å². The lowest BCUT2D eigenvalue weighted by Gasteiger charge is -2.33. The Hall–Kier alpha value is -1.25. The number of anilines is 1. The number of hydrogen-bond donors (Lipinski definition) is 1. The molecule has 0 unspecified atom stereocenters. The summed E-state index contributed by atoms with van der Waals surface area (Å²) in [5, 5.41) is 19.8. The first-order valence-electron chi connectivity index (χ1n) is 6.63. The van der Waals surface area contributed by atoms with Crippen molar-refractivity contribution in [3.05, 3.63) is 32.5 Å². The zero-order valence-corrected chi connectivity index (χ0v) is 12.9. The molecule has 0 radical (unpaired) electrons. The molecule has 0 saturated carbocycles. The van der Waals surface area contributed by atoms with Gasteiger partial charge >= 0.3 is 0 Å². The zero-order chi connectivity index (χ0) is 15.4. The number of piperidine rings is 1. The second-order valence-corrected chi connectivity index (χ2v) is 5.65. The van der Waals surface area contributed by atoms with Gasteiger partial charge in [0.1, 0.15) is 11.5 Å². The first-order valence-corrected chi connectivity index (χ1v) is 7.43. The standard InChI is InChI=1S/C13H16BrFN2O4/c14-10-7-13(17(19)20)12(8-11(10)15)16-3-1-9(2-4-16)21-6-5-18/h7-9,18H,1-6H2. The quantitative estimate of drug-likeness (QED) is 0.643. The zero-order valence-electron chi connectivity index (χ0n) is 11.3. The largest absolute Gasteiger partial charge is 0.394 e. The molecule has 1 aliphatic rings. The lowest BCUT2D eigenvalue weighted by Crippen LogP contribution is -2.37. The van der Waals surface area contributed by atoms with Gasteiger partial charge in [0.2, 0.25) is 0 Å². The fraction of sp³-hybridized carbons (Fsp3) is 0.538. The van der Waals surface area contributed by atoms with Gasteiger partial charge in [-0.25, -0.2) is 4.39 Å². The molecule has 1 heterocycles.